The van der Waals surface area contributed by atoms with Crippen molar-refractivity contribution in [3.05, 3.63) is 0 Å². The minimum atomic E-state index is -0.546. The van der Waals surface area contributed by atoms with Gasteiger partial charge < -0.3 is 37.9 Å². The first-order valence-electron chi connectivity index (χ1n) is 10.8. The van der Waals surface area contributed by atoms with E-state index in [0.717, 1.165) is 0 Å². The van der Waals surface area contributed by atoms with E-state index in [1.165, 1.54) is 0 Å². The Labute approximate surface area is 220 Å². The third-order valence-corrected chi connectivity index (χ3v) is 2.09. The minimum Gasteiger partial charge on any atom is -0.431 e. The van der Waals surface area contributed by atoms with E-state index in [1.807, 2.05) is 55.4 Å². The number of hydrogen-bond acceptors (Lipinski definition) is 12. The maximum Gasteiger partial charge on any atom is 0.508 e. The predicted molar refractivity (Wildman–Crippen MR) is 142 cm³/mol. The summed E-state index contributed by atoms with van der Waals surface area (Å²) in [6.45, 7) is 19.3. The maximum absolute atomic E-state index is 9.80. The third kappa shape index (κ3) is 44.7. The molecular formula is C24H56O12. The topological polar surface area (TPSA) is 142 Å². The summed E-state index contributed by atoms with van der Waals surface area (Å²) in [5, 5.41) is 0. The molecule has 4 aliphatic rings. The second-order valence-electron chi connectivity index (χ2n) is 3.79. The Morgan fingerprint density at radius 1 is 0.306 bits per heavy atom. The fraction of sp³-hybridized carbons (Fsp3) is 0.833. The van der Waals surface area contributed by atoms with Gasteiger partial charge in [0, 0.05) is 0 Å². The molecule has 4 aliphatic heterocycles. The second kappa shape index (κ2) is 49.3. The lowest BCUT2D eigenvalue weighted by Crippen LogP contribution is -1.88. The molecule has 0 radical (unpaired) electrons. The molecule has 0 atom stereocenters. The van der Waals surface area contributed by atoms with Gasteiger partial charge in [-0.05, 0) is 0 Å². The second-order valence-corrected chi connectivity index (χ2v) is 3.79. The van der Waals surface area contributed by atoms with Crippen LogP contribution in [0.4, 0.5) is 19.2 Å². The van der Waals surface area contributed by atoms with Crippen molar-refractivity contribution in [1.29, 1.82) is 0 Å². The fourth-order valence-electron chi connectivity index (χ4n) is 1.17. The van der Waals surface area contributed by atoms with Gasteiger partial charge in [0.1, 0.15) is 52.9 Å². The lowest BCUT2D eigenvalue weighted by Gasteiger charge is -1.78. The first kappa shape index (κ1) is 54.1. The summed E-state index contributed by atoms with van der Waals surface area (Å²) in [4.78, 5) is 39.2. The molecule has 0 aromatic carbocycles. The molecule has 0 unspecified atom stereocenters. The van der Waals surface area contributed by atoms with Crippen molar-refractivity contribution in [3.63, 3.8) is 0 Å². The van der Waals surface area contributed by atoms with Crippen molar-refractivity contribution in [2.75, 3.05) is 52.9 Å². The van der Waals surface area contributed by atoms with Gasteiger partial charge >= 0.3 is 24.6 Å². The Morgan fingerprint density at radius 3 is 0.417 bits per heavy atom. The molecule has 4 saturated heterocycles. The van der Waals surface area contributed by atoms with Crippen molar-refractivity contribution in [3.8, 4) is 0 Å². The Bertz CT molecular complexity index is 331. The summed E-state index contributed by atoms with van der Waals surface area (Å²) in [6, 6.07) is 0. The summed E-state index contributed by atoms with van der Waals surface area (Å²) in [5.41, 5.74) is 0. The summed E-state index contributed by atoms with van der Waals surface area (Å²) in [7, 11) is 0. The van der Waals surface area contributed by atoms with Crippen LogP contribution < -0.4 is 0 Å². The first-order valence-corrected chi connectivity index (χ1v) is 10.8. The number of ether oxygens (including phenoxy) is 8. The van der Waals surface area contributed by atoms with E-state index in [4.69, 9.17) is 0 Å². The highest BCUT2D eigenvalue weighted by Gasteiger charge is 2.11. The average molecular weight is 537 g/mol. The SMILES string of the molecule is C.C.C.C.CC.CC.CC.CC.O=C1OCCO1.O=C1OCCO1.O=C1OCCO1.O=C1OCCO1. The van der Waals surface area contributed by atoms with E-state index < -0.39 is 24.6 Å². The molecule has 0 aliphatic carbocycles. The molecule has 4 fully saturated rings. The number of carbonyl (C=O) groups excluding carboxylic acids is 4. The third-order valence-electron chi connectivity index (χ3n) is 2.09. The van der Waals surface area contributed by atoms with Crippen LogP contribution in [0.25, 0.3) is 0 Å². The van der Waals surface area contributed by atoms with Crippen LogP contribution >= 0.6 is 0 Å². The summed E-state index contributed by atoms with van der Waals surface area (Å²) in [5.74, 6) is 0. The number of rotatable bonds is 0. The van der Waals surface area contributed by atoms with E-state index in [-0.39, 0.29) is 29.7 Å². The van der Waals surface area contributed by atoms with E-state index in [2.05, 4.69) is 37.9 Å². The highest BCUT2D eigenvalue weighted by atomic mass is 16.8. The van der Waals surface area contributed by atoms with Gasteiger partial charge in [-0.3, -0.25) is 0 Å². The van der Waals surface area contributed by atoms with Gasteiger partial charge in [0.15, 0.2) is 0 Å². The normalized spacial score (nSPS) is 13.8. The summed E-state index contributed by atoms with van der Waals surface area (Å²) >= 11 is 0. The molecule has 4 heterocycles. The average Bonchev–Trinajstić information content (AvgIpc) is 3.67. The lowest BCUT2D eigenvalue weighted by atomic mass is 10.8. The molecule has 0 spiro atoms. The van der Waals surface area contributed by atoms with Gasteiger partial charge in [-0.1, -0.05) is 85.1 Å². The molecule has 36 heavy (non-hydrogen) atoms. The van der Waals surface area contributed by atoms with Crippen LogP contribution in [0.3, 0.4) is 0 Å². The molecule has 0 aromatic heterocycles. The van der Waals surface area contributed by atoms with Crippen LogP contribution in [0.1, 0.15) is 85.1 Å². The Hall–Kier alpha value is -2.92. The van der Waals surface area contributed by atoms with Crippen LogP contribution in [0.5, 0.6) is 0 Å². The van der Waals surface area contributed by atoms with E-state index in [1.54, 1.807) is 0 Å². The maximum atomic E-state index is 9.80. The van der Waals surface area contributed by atoms with Crippen LogP contribution in [0, 0.1) is 0 Å². The van der Waals surface area contributed by atoms with Gasteiger partial charge in [0.05, 0.1) is 0 Å². The van der Waals surface area contributed by atoms with Crippen molar-refractivity contribution >= 4 is 24.6 Å². The highest BCUT2D eigenvalue weighted by molar-refractivity contribution is 5.62. The zero-order valence-electron chi connectivity index (χ0n) is 20.6. The largest absolute Gasteiger partial charge is 0.508 e. The molecule has 12 nitrogen and oxygen atoms in total. The lowest BCUT2D eigenvalue weighted by molar-refractivity contribution is 0.130. The molecule has 0 aromatic rings. The van der Waals surface area contributed by atoms with Crippen molar-refractivity contribution in [2.45, 2.75) is 85.1 Å². The van der Waals surface area contributed by atoms with Crippen LogP contribution in [0.2, 0.25) is 0 Å². The molecule has 4 rings (SSSR count). The molecule has 0 amide bonds. The minimum absolute atomic E-state index is 0. The predicted octanol–water partition coefficient (Wildman–Crippen LogP) is 7.26. The Morgan fingerprint density at radius 2 is 0.389 bits per heavy atom. The van der Waals surface area contributed by atoms with Gasteiger partial charge in [0.2, 0.25) is 0 Å². The molecule has 12 heteroatoms. The number of cyclic esters (lactones) is 8. The number of carbonyl (C=O) groups is 4. The van der Waals surface area contributed by atoms with Crippen LogP contribution in [-0.4, -0.2) is 77.5 Å². The van der Waals surface area contributed by atoms with E-state index in [9.17, 15) is 19.2 Å². The van der Waals surface area contributed by atoms with Crippen molar-refractivity contribution < 1.29 is 57.1 Å². The fourth-order valence-corrected chi connectivity index (χ4v) is 1.17. The van der Waals surface area contributed by atoms with E-state index >= 15 is 0 Å². The molecule has 224 valence electrons. The zero-order chi connectivity index (χ0) is 25.6. The summed E-state index contributed by atoms with van der Waals surface area (Å²) in [6.07, 6.45) is -2.19. The molecule has 0 N–H and O–H groups in total. The van der Waals surface area contributed by atoms with Crippen molar-refractivity contribution in [2.24, 2.45) is 0 Å². The molecule has 0 saturated carbocycles. The first-order chi connectivity index (χ1) is 15.6. The Balaban J connectivity index is -0.0000000428. The number of hydrogen-bond donors (Lipinski definition) is 0. The van der Waals surface area contributed by atoms with Crippen LogP contribution in [0.15, 0.2) is 0 Å². The van der Waals surface area contributed by atoms with Gasteiger partial charge in [-0.25, -0.2) is 19.2 Å². The van der Waals surface area contributed by atoms with Gasteiger partial charge in [0.25, 0.3) is 0 Å². The molecule has 0 bridgehead atoms. The van der Waals surface area contributed by atoms with Gasteiger partial charge in [-0.15, -0.1) is 0 Å². The molecular weight excluding hydrogens is 480 g/mol. The van der Waals surface area contributed by atoms with Crippen LogP contribution in [-0.2, 0) is 37.9 Å². The Kier molecular flexibility index (Phi) is 74.1. The zero-order valence-corrected chi connectivity index (χ0v) is 20.6. The monoisotopic (exact) mass is 536 g/mol. The van der Waals surface area contributed by atoms with Crippen molar-refractivity contribution in [1.82, 2.24) is 0 Å². The summed E-state index contributed by atoms with van der Waals surface area (Å²) < 4.78 is 34.3. The highest BCUT2D eigenvalue weighted by Crippen LogP contribution is 1.93. The standard InChI is InChI=1S/4C3H4O3.4C2H6.4CH4/c4*4-3-5-1-2-6-3;4*1-2;;;;/h4*1-2H2;4*1-2H3;4*1H4. The van der Waals surface area contributed by atoms with E-state index in [0.29, 0.717) is 52.9 Å². The van der Waals surface area contributed by atoms with Gasteiger partial charge in [-0.2, -0.15) is 0 Å². The smallest absolute Gasteiger partial charge is 0.431 e. The quantitative estimate of drug-likeness (QED) is 0.227.